The maximum absolute atomic E-state index is 6.34. The summed E-state index contributed by atoms with van der Waals surface area (Å²) in [6.07, 6.45) is 0.714. The van der Waals surface area contributed by atoms with E-state index in [-0.39, 0.29) is 20.9 Å². The molecule has 3 aromatic heterocycles. The smallest absolute Gasteiger partial charge is 0.224 e. The maximum atomic E-state index is 6.34. The molecule has 0 saturated heterocycles. The number of rotatable bonds is 1. The van der Waals surface area contributed by atoms with Crippen LogP contribution in [-0.2, 0) is 6.42 Å². The highest BCUT2D eigenvalue weighted by Crippen LogP contribution is 2.38. The Balaban J connectivity index is 2.42. The molecule has 0 aliphatic heterocycles. The molecule has 0 atom stereocenters. The summed E-state index contributed by atoms with van der Waals surface area (Å²) in [5, 5.41) is 1.29. The maximum Gasteiger partial charge on any atom is 0.224 e. The van der Waals surface area contributed by atoms with Crippen LogP contribution in [-0.4, -0.2) is 29.9 Å². The molecule has 6 nitrogen and oxygen atoms in total. The first-order chi connectivity index (χ1) is 11.9. The van der Waals surface area contributed by atoms with E-state index in [0.717, 1.165) is 11.4 Å². The van der Waals surface area contributed by atoms with Gasteiger partial charge in [-0.15, -0.1) is 0 Å². The van der Waals surface area contributed by atoms with Gasteiger partial charge in [-0.25, -0.2) is 29.9 Å². The van der Waals surface area contributed by atoms with Gasteiger partial charge in [-0.05, 0) is 36.5 Å². The highest BCUT2D eigenvalue weighted by Gasteiger charge is 2.21. The van der Waals surface area contributed by atoms with Crippen molar-refractivity contribution >= 4 is 79.2 Å². The number of fused-ring (bicyclic) bond motifs is 6. The van der Waals surface area contributed by atoms with E-state index >= 15 is 0 Å². The highest BCUT2D eigenvalue weighted by atomic mass is 35.5. The van der Waals surface area contributed by atoms with Crippen molar-refractivity contribution in [1.82, 2.24) is 29.9 Å². The molecule has 1 aromatic carbocycles. The highest BCUT2D eigenvalue weighted by molar-refractivity contribution is 6.42. The predicted molar refractivity (Wildman–Crippen MR) is 99.9 cm³/mol. The second kappa shape index (κ2) is 5.99. The molecule has 0 amide bonds. The Morgan fingerprint density at radius 2 is 1.08 bits per heavy atom. The molecular weight excluding hydrogens is 406 g/mol. The molecule has 0 radical (unpaired) electrons. The number of aryl methyl sites for hydroxylation is 2. The Morgan fingerprint density at radius 1 is 0.640 bits per heavy atom. The Bertz CT molecular complexity index is 1190. The van der Waals surface area contributed by atoms with Crippen LogP contribution in [0.2, 0.25) is 20.9 Å². The van der Waals surface area contributed by atoms with Gasteiger partial charge in [-0.1, -0.05) is 30.1 Å². The molecule has 10 heteroatoms. The molecule has 0 saturated carbocycles. The van der Waals surface area contributed by atoms with Crippen molar-refractivity contribution in [2.24, 2.45) is 0 Å². The van der Waals surface area contributed by atoms with E-state index in [1.54, 1.807) is 0 Å². The Labute approximate surface area is 161 Å². The lowest BCUT2D eigenvalue weighted by Crippen LogP contribution is -2.02. The van der Waals surface area contributed by atoms with Crippen LogP contribution in [0.3, 0.4) is 0 Å². The SMILES string of the molecule is CCc1nc2c(nc1C)c1c(Cl)nc(Cl)nc1c1nc(Cl)nc(Cl)c12. The van der Waals surface area contributed by atoms with E-state index in [4.69, 9.17) is 51.4 Å². The quantitative estimate of drug-likeness (QED) is 0.248. The van der Waals surface area contributed by atoms with Crippen molar-refractivity contribution in [3.05, 3.63) is 32.3 Å². The summed E-state index contributed by atoms with van der Waals surface area (Å²) in [6, 6.07) is 0. The minimum absolute atomic E-state index is 0.0141. The normalized spacial score (nSPS) is 11.8. The van der Waals surface area contributed by atoms with Crippen LogP contribution >= 0.6 is 46.4 Å². The third-order valence-corrected chi connectivity index (χ3v) is 4.76. The molecule has 0 aliphatic carbocycles. The van der Waals surface area contributed by atoms with Crippen molar-refractivity contribution in [1.29, 1.82) is 0 Å². The van der Waals surface area contributed by atoms with Gasteiger partial charge >= 0.3 is 0 Å². The second-order valence-electron chi connectivity index (χ2n) is 5.32. The Kier molecular flexibility index (Phi) is 4.03. The van der Waals surface area contributed by atoms with Crippen molar-refractivity contribution < 1.29 is 0 Å². The number of hydrogen-bond acceptors (Lipinski definition) is 6. The summed E-state index contributed by atoms with van der Waals surface area (Å²) in [5.41, 5.74) is 3.47. The lowest BCUT2D eigenvalue weighted by molar-refractivity contribution is 0.991. The van der Waals surface area contributed by atoms with Crippen LogP contribution in [0.1, 0.15) is 18.3 Å². The first-order valence-corrected chi connectivity index (χ1v) is 8.76. The van der Waals surface area contributed by atoms with Crippen LogP contribution in [0.4, 0.5) is 0 Å². The van der Waals surface area contributed by atoms with E-state index in [2.05, 4.69) is 24.9 Å². The summed E-state index contributed by atoms with van der Waals surface area (Å²) < 4.78 is 0. The van der Waals surface area contributed by atoms with Crippen LogP contribution in [0.15, 0.2) is 0 Å². The zero-order valence-corrected chi connectivity index (χ0v) is 15.9. The lowest BCUT2D eigenvalue weighted by Gasteiger charge is -2.12. The minimum Gasteiger partial charge on any atom is -0.249 e. The Hall–Kier alpha value is -1.60. The zero-order valence-electron chi connectivity index (χ0n) is 12.9. The lowest BCUT2D eigenvalue weighted by atomic mass is 10.1. The van der Waals surface area contributed by atoms with E-state index in [0.29, 0.717) is 39.3 Å². The largest absolute Gasteiger partial charge is 0.249 e. The fourth-order valence-electron chi connectivity index (χ4n) is 2.82. The van der Waals surface area contributed by atoms with Crippen molar-refractivity contribution in [2.75, 3.05) is 0 Å². The van der Waals surface area contributed by atoms with Crippen LogP contribution in [0.5, 0.6) is 0 Å². The first kappa shape index (κ1) is 16.8. The van der Waals surface area contributed by atoms with E-state index in [1.807, 2.05) is 13.8 Å². The minimum atomic E-state index is -0.0149. The number of nitrogens with zero attached hydrogens (tertiary/aromatic N) is 6. The molecule has 4 rings (SSSR count). The topological polar surface area (TPSA) is 77.3 Å². The summed E-state index contributed by atoms with van der Waals surface area (Å²) in [4.78, 5) is 25.9. The van der Waals surface area contributed by atoms with Crippen LogP contribution in [0, 0.1) is 6.92 Å². The molecule has 0 fully saturated rings. The molecular formula is C15H8Cl4N6. The number of hydrogen-bond donors (Lipinski definition) is 0. The van der Waals surface area contributed by atoms with E-state index in [9.17, 15) is 0 Å². The van der Waals surface area contributed by atoms with Crippen molar-refractivity contribution in [3.8, 4) is 0 Å². The number of halogens is 4. The van der Waals surface area contributed by atoms with Crippen LogP contribution in [0.25, 0.3) is 32.8 Å². The molecule has 0 unspecified atom stereocenters. The van der Waals surface area contributed by atoms with Gasteiger partial charge in [0.05, 0.1) is 22.2 Å². The Morgan fingerprint density at radius 3 is 1.56 bits per heavy atom. The standard InChI is InChI=1S/C15H8Cl4N6/c1-3-5-4(2)20-8-6-10(22-14(18)24-12(6)16)11-7(9(8)21-5)13(17)25-15(19)23-11/h3H2,1-2H3. The molecule has 4 aromatic rings. The fourth-order valence-corrected chi connectivity index (χ4v) is 3.76. The molecule has 0 aliphatic rings. The van der Waals surface area contributed by atoms with Crippen molar-refractivity contribution in [2.45, 2.75) is 20.3 Å². The molecule has 0 N–H and O–H groups in total. The van der Waals surface area contributed by atoms with Crippen LogP contribution < -0.4 is 0 Å². The van der Waals surface area contributed by atoms with Gasteiger partial charge in [0.15, 0.2) is 0 Å². The zero-order chi connectivity index (χ0) is 17.9. The summed E-state index contributed by atoms with van der Waals surface area (Å²) in [6.45, 7) is 3.88. The van der Waals surface area contributed by atoms with Gasteiger partial charge in [-0.2, -0.15) is 0 Å². The fraction of sp³-hybridized carbons (Fsp3) is 0.200. The molecule has 25 heavy (non-hydrogen) atoms. The van der Waals surface area contributed by atoms with Gasteiger partial charge in [0, 0.05) is 0 Å². The molecule has 126 valence electrons. The van der Waals surface area contributed by atoms with Gasteiger partial charge in [0.1, 0.15) is 32.4 Å². The van der Waals surface area contributed by atoms with Crippen molar-refractivity contribution in [3.63, 3.8) is 0 Å². The number of benzene rings is 1. The van der Waals surface area contributed by atoms with Gasteiger partial charge in [0.25, 0.3) is 0 Å². The van der Waals surface area contributed by atoms with Gasteiger partial charge < -0.3 is 0 Å². The monoisotopic (exact) mass is 412 g/mol. The third-order valence-electron chi connectivity index (χ3n) is 3.88. The average Bonchev–Trinajstić information content (AvgIpc) is 2.53. The summed E-state index contributed by atoms with van der Waals surface area (Å²) in [7, 11) is 0. The van der Waals surface area contributed by atoms with Gasteiger partial charge in [-0.3, -0.25) is 0 Å². The second-order valence-corrected chi connectivity index (χ2v) is 6.71. The molecule has 3 heterocycles. The van der Waals surface area contributed by atoms with E-state index in [1.165, 1.54) is 0 Å². The number of aromatic nitrogens is 6. The first-order valence-electron chi connectivity index (χ1n) is 7.25. The molecule has 0 bridgehead atoms. The average molecular weight is 414 g/mol. The van der Waals surface area contributed by atoms with E-state index < -0.39 is 0 Å². The van der Waals surface area contributed by atoms with Gasteiger partial charge in [0.2, 0.25) is 10.6 Å². The molecule has 0 spiro atoms. The third kappa shape index (κ3) is 2.56. The summed E-state index contributed by atoms with van der Waals surface area (Å²) >= 11 is 24.6. The predicted octanol–water partition coefficient (Wildman–Crippen LogP) is 5.00. The summed E-state index contributed by atoms with van der Waals surface area (Å²) in [5.74, 6) is 0.